The topological polar surface area (TPSA) is 41.6 Å². The van der Waals surface area contributed by atoms with Crippen LogP contribution < -0.4 is 0 Å². The molecular formula is C21H13Cl2N3S. The Hall–Kier alpha value is -2.58. The van der Waals surface area contributed by atoms with E-state index in [0.29, 0.717) is 28.0 Å². The highest BCUT2D eigenvalue weighted by Gasteiger charge is 2.16. The average molecular weight is 410 g/mol. The third-order valence-electron chi connectivity index (χ3n) is 4.19. The van der Waals surface area contributed by atoms with Gasteiger partial charge in [0.25, 0.3) is 0 Å². The van der Waals surface area contributed by atoms with Gasteiger partial charge >= 0.3 is 0 Å². The summed E-state index contributed by atoms with van der Waals surface area (Å²) >= 11 is 14.0. The molecule has 4 aromatic rings. The van der Waals surface area contributed by atoms with Crippen LogP contribution in [0.1, 0.15) is 16.3 Å². The number of para-hydroxylation sites is 2. The summed E-state index contributed by atoms with van der Waals surface area (Å²) in [5, 5.41) is 12.9. The molecule has 0 unspecified atom stereocenters. The van der Waals surface area contributed by atoms with Crippen LogP contribution in [0.2, 0.25) is 10.0 Å². The number of thiophene rings is 1. The molecule has 0 saturated carbocycles. The number of hydrogen-bond donors (Lipinski definition) is 0. The zero-order valence-corrected chi connectivity index (χ0v) is 16.4. The largest absolute Gasteiger partial charge is 0.319 e. The molecule has 3 nitrogen and oxygen atoms in total. The van der Waals surface area contributed by atoms with Crippen LogP contribution in [0, 0.1) is 11.3 Å². The zero-order valence-electron chi connectivity index (χ0n) is 14.1. The summed E-state index contributed by atoms with van der Waals surface area (Å²) < 4.78 is 2.02. The van der Waals surface area contributed by atoms with Crippen molar-refractivity contribution >= 4 is 57.2 Å². The van der Waals surface area contributed by atoms with Crippen molar-refractivity contribution < 1.29 is 0 Å². The van der Waals surface area contributed by atoms with Crippen molar-refractivity contribution in [1.29, 1.82) is 5.26 Å². The van der Waals surface area contributed by atoms with Gasteiger partial charge < -0.3 is 4.57 Å². The van der Waals surface area contributed by atoms with Gasteiger partial charge in [-0.15, -0.1) is 11.3 Å². The van der Waals surface area contributed by atoms with Gasteiger partial charge in [-0.05, 0) is 47.4 Å². The molecule has 4 rings (SSSR count). The maximum atomic E-state index is 9.77. The monoisotopic (exact) mass is 409 g/mol. The average Bonchev–Trinajstić information content (AvgIpc) is 3.30. The van der Waals surface area contributed by atoms with Crippen molar-refractivity contribution in [3.63, 3.8) is 0 Å². The normalized spacial score (nSPS) is 11.7. The fourth-order valence-corrected chi connectivity index (χ4v) is 4.05. The Labute approximate surface area is 170 Å². The van der Waals surface area contributed by atoms with Crippen molar-refractivity contribution in [3.05, 3.63) is 86.3 Å². The summed E-state index contributed by atoms with van der Waals surface area (Å²) in [6.07, 6.45) is 1.87. The number of aromatic nitrogens is 2. The smallest absolute Gasteiger partial charge is 0.152 e. The first kappa shape index (κ1) is 17.8. The highest BCUT2D eigenvalue weighted by Crippen LogP contribution is 2.28. The van der Waals surface area contributed by atoms with Crippen LogP contribution in [0.3, 0.4) is 0 Å². The number of nitriles is 1. The van der Waals surface area contributed by atoms with Crippen molar-refractivity contribution in [1.82, 2.24) is 9.55 Å². The Morgan fingerprint density at radius 3 is 2.74 bits per heavy atom. The summed E-state index contributed by atoms with van der Waals surface area (Å²) in [5.41, 5.74) is 3.22. The van der Waals surface area contributed by atoms with E-state index < -0.39 is 0 Å². The number of allylic oxidation sites excluding steroid dienone is 1. The third-order valence-corrected chi connectivity index (χ3v) is 5.60. The van der Waals surface area contributed by atoms with E-state index in [1.807, 2.05) is 64.6 Å². The van der Waals surface area contributed by atoms with Crippen LogP contribution >= 0.6 is 34.5 Å². The number of hydrogen-bond acceptors (Lipinski definition) is 3. The first-order valence-corrected chi connectivity index (χ1v) is 9.84. The fourth-order valence-electron chi connectivity index (χ4n) is 2.92. The summed E-state index contributed by atoms with van der Waals surface area (Å²) in [6.45, 7) is 0.495. The van der Waals surface area contributed by atoms with Crippen molar-refractivity contribution in [3.8, 4) is 6.07 Å². The van der Waals surface area contributed by atoms with E-state index in [4.69, 9.17) is 28.2 Å². The van der Waals surface area contributed by atoms with Gasteiger partial charge in [-0.25, -0.2) is 4.98 Å². The molecular weight excluding hydrogens is 397 g/mol. The van der Waals surface area contributed by atoms with Gasteiger partial charge in [-0.3, -0.25) is 0 Å². The van der Waals surface area contributed by atoms with Crippen molar-refractivity contribution in [2.75, 3.05) is 0 Å². The van der Waals surface area contributed by atoms with Crippen LogP contribution in [0.15, 0.2) is 60.0 Å². The molecule has 0 spiro atoms. The molecule has 0 aliphatic carbocycles. The maximum absolute atomic E-state index is 9.77. The van der Waals surface area contributed by atoms with Crippen LogP contribution in [-0.2, 0) is 6.54 Å². The highest BCUT2D eigenvalue weighted by molar-refractivity contribution is 7.10. The molecule has 0 aliphatic heterocycles. The lowest BCUT2D eigenvalue weighted by Crippen LogP contribution is -2.05. The predicted octanol–water partition coefficient (Wildman–Crippen LogP) is 6.52. The molecule has 0 radical (unpaired) electrons. The Bertz CT molecular complexity index is 1180. The predicted molar refractivity (Wildman–Crippen MR) is 113 cm³/mol. The number of nitrogens with zero attached hydrogens (tertiary/aromatic N) is 3. The zero-order chi connectivity index (χ0) is 18.8. The van der Waals surface area contributed by atoms with E-state index in [-0.39, 0.29) is 0 Å². The standard InChI is InChI=1S/C21H13Cl2N3S/c22-16-8-7-14(18(23)11-16)13-26-20-6-2-1-5-19(20)25-21(26)15(12-24)10-17-4-3-9-27-17/h1-11H,13H2. The van der Waals surface area contributed by atoms with Gasteiger partial charge in [-0.2, -0.15) is 5.26 Å². The van der Waals surface area contributed by atoms with E-state index in [0.717, 1.165) is 21.5 Å². The number of imidazole rings is 1. The van der Waals surface area contributed by atoms with Crippen molar-refractivity contribution in [2.45, 2.75) is 6.54 Å². The minimum Gasteiger partial charge on any atom is -0.319 e. The first-order valence-electron chi connectivity index (χ1n) is 8.20. The van der Waals surface area contributed by atoms with Crippen molar-refractivity contribution in [2.24, 2.45) is 0 Å². The second-order valence-electron chi connectivity index (χ2n) is 5.93. The van der Waals surface area contributed by atoms with Crippen LogP contribution in [0.25, 0.3) is 22.7 Å². The number of halogens is 2. The lowest BCUT2D eigenvalue weighted by atomic mass is 10.2. The molecule has 0 atom stereocenters. The Kier molecular flexibility index (Phi) is 5.00. The first-order chi connectivity index (χ1) is 13.2. The van der Waals surface area contributed by atoms with E-state index in [9.17, 15) is 5.26 Å². The molecule has 0 saturated heterocycles. The minimum atomic E-state index is 0.495. The van der Waals surface area contributed by atoms with Gasteiger partial charge in [-0.1, -0.05) is 47.5 Å². The van der Waals surface area contributed by atoms with Gasteiger partial charge in [0.2, 0.25) is 0 Å². The van der Waals surface area contributed by atoms with E-state index in [2.05, 4.69) is 6.07 Å². The lowest BCUT2D eigenvalue weighted by Gasteiger charge is -2.11. The van der Waals surface area contributed by atoms with E-state index in [1.54, 1.807) is 17.4 Å². The second-order valence-corrected chi connectivity index (χ2v) is 7.75. The molecule has 6 heteroatoms. The van der Waals surface area contributed by atoms with Crippen LogP contribution in [0.4, 0.5) is 0 Å². The van der Waals surface area contributed by atoms with E-state index >= 15 is 0 Å². The summed E-state index contributed by atoms with van der Waals surface area (Å²) in [6, 6.07) is 19.5. The number of fused-ring (bicyclic) bond motifs is 1. The molecule has 0 aliphatic rings. The van der Waals surface area contributed by atoms with E-state index in [1.165, 1.54) is 0 Å². The third kappa shape index (κ3) is 3.63. The Morgan fingerprint density at radius 2 is 2.00 bits per heavy atom. The molecule has 0 fully saturated rings. The van der Waals surface area contributed by atoms with Crippen LogP contribution in [0.5, 0.6) is 0 Å². The molecule has 0 bridgehead atoms. The Balaban J connectivity index is 1.88. The summed E-state index contributed by atoms with van der Waals surface area (Å²) in [4.78, 5) is 5.72. The molecule has 0 N–H and O–H groups in total. The highest BCUT2D eigenvalue weighted by atomic mass is 35.5. The molecule has 0 amide bonds. The molecule has 2 heterocycles. The quantitative estimate of drug-likeness (QED) is 0.360. The minimum absolute atomic E-state index is 0.495. The SMILES string of the molecule is N#CC(=Cc1cccs1)c1nc2ccccc2n1Cc1ccc(Cl)cc1Cl. The molecule has 132 valence electrons. The lowest BCUT2D eigenvalue weighted by molar-refractivity contribution is 0.811. The van der Waals surface area contributed by atoms with Gasteiger partial charge in [0.05, 0.1) is 23.2 Å². The Morgan fingerprint density at radius 1 is 1.15 bits per heavy atom. The molecule has 27 heavy (non-hydrogen) atoms. The van der Waals surface area contributed by atoms with Gasteiger partial charge in [0.1, 0.15) is 6.07 Å². The number of rotatable bonds is 4. The molecule has 2 aromatic carbocycles. The maximum Gasteiger partial charge on any atom is 0.152 e. The molecule has 2 aromatic heterocycles. The van der Waals surface area contributed by atoms with Gasteiger partial charge in [0.15, 0.2) is 5.82 Å². The number of benzene rings is 2. The van der Waals surface area contributed by atoms with Crippen LogP contribution in [-0.4, -0.2) is 9.55 Å². The fraction of sp³-hybridized carbons (Fsp3) is 0.0476. The summed E-state index contributed by atoms with van der Waals surface area (Å²) in [5.74, 6) is 0.623. The second kappa shape index (κ2) is 7.58. The van der Waals surface area contributed by atoms with Gasteiger partial charge in [0, 0.05) is 14.9 Å². The summed E-state index contributed by atoms with van der Waals surface area (Å²) in [7, 11) is 0.